The van der Waals surface area contributed by atoms with Crippen LogP contribution >= 0.6 is 15.9 Å². The van der Waals surface area contributed by atoms with Crippen LogP contribution in [-0.2, 0) is 13.2 Å². The summed E-state index contributed by atoms with van der Waals surface area (Å²) < 4.78 is 12.0. The van der Waals surface area contributed by atoms with Gasteiger partial charge in [-0.3, -0.25) is 4.79 Å². The summed E-state index contributed by atoms with van der Waals surface area (Å²) in [6, 6.07) is 25.4. The number of ether oxygens (including phenoxy) is 2. The topological polar surface area (TPSA) is 35.5 Å². The number of hydrogen-bond donors (Lipinski definition) is 0. The summed E-state index contributed by atoms with van der Waals surface area (Å²) in [6.07, 6.45) is 2.39. The fourth-order valence-corrected chi connectivity index (χ4v) is 3.31. The lowest BCUT2D eigenvalue weighted by atomic mass is 10.1. The zero-order valence-corrected chi connectivity index (χ0v) is 17.9. The van der Waals surface area contributed by atoms with Crippen molar-refractivity contribution in [1.82, 2.24) is 0 Å². The van der Waals surface area contributed by atoms with Gasteiger partial charge in [0.25, 0.3) is 0 Å². The third-order valence-corrected chi connectivity index (χ3v) is 5.09. The van der Waals surface area contributed by atoms with Crippen molar-refractivity contribution in [1.29, 1.82) is 0 Å². The number of Topliss-reactive ketones (excluding diaryl/α,β-unsaturated/α-hetero) is 1. The van der Waals surface area contributed by atoms with Gasteiger partial charge in [-0.1, -0.05) is 76.6 Å². The number of halogens is 1. The fraction of sp³-hybridized carbons (Fsp3) is 0.240. The maximum absolute atomic E-state index is 12.5. The SMILES string of the molecule is O=C(CCCCBr)c1ccc(OCc2ccccc2)c(OCc2ccccc2)c1. The molecule has 0 aliphatic carbocycles. The predicted octanol–water partition coefficient (Wildman–Crippen LogP) is 6.59. The van der Waals surface area contributed by atoms with Crippen molar-refractivity contribution in [3.63, 3.8) is 0 Å². The number of hydrogen-bond acceptors (Lipinski definition) is 3. The van der Waals surface area contributed by atoms with Crippen molar-refractivity contribution in [3.8, 4) is 11.5 Å². The Bertz CT molecular complexity index is 894. The lowest BCUT2D eigenvalue weighted by Gasteiger charge is -2.14. The Morgan fingerprint density at radius 2 is 1.31 bits per heavy atom. The molecule has 0 saturated carbocycles. The zero-order valence-electron chi connectivity index (χ0n) is 16.4. The highest BCUT2D eigenvalue weighted by Gasteiger charge is 2.12. The van der Waals surface area contributed by atoms with E-state index in [1.54, 1.807) is 6.07 Å². The molecule has 0 bridgehead atoms. The quantitative estimate of drug-likeness (QED) is 0.187. The third kappa shape index (κ3) is 6.75. The van der Waals surface area contributed by atoms with Crippen LogP contribution in [0.2, 0.25) is 0 Å². The van der Waals surface area contributed by atoms with Crippen LogP contribution in [-0.4, -0.2) is 11.1 Å². The number of unbranched alkanes of at least 4 members (excludes halogenated alkanes) is 1. The van der Waals surface area contributed by atoms with Crippen LogP contribution in [0.1, 0.15) is 40.7 Å². The van der Waals surface area contributed by atoms with Gasteiger partial charge >= 0.3 is 0 Å². The molecule has 0 aliphatic heterocycles. The van der Waals surface area contributed by atoms with Crippen molar-refractivity contribution < 1.29 is 14.3 Å². The van der Waals surface area contributed by atoms with Gasteiger partial charge in [0.15, 0.2) is 17.3 Å². The van der Waals surface area contributed by atoms with Gasteiger partial charge in [0.2, 0.25) is 0 Å². The van der Waals surface area contributed by atoms with E-state index < -0.39 is 0 Å². The largest absolute Gasteiger partial charge is 0.485 e. The van der Waals surface area contributed by atoms with E-state index in [0.717, 1.165) is 29.3 Å². The molecule has 3 aromatic rings. The molecule has 0 heterocycles. The minimum absolute atomic E-state index is 0.130. The molecule has 0 unspecified atom stereocenters. The van der Waals surface area contributed by atoms with E-state index in [1.165, 1.54) is 0 Å². The first-order valence-corrected chi connectivity index (χ1v) is 10.9. The van der Waals surface area contributed by atoms with E-state index in [4.69, 9.17) is 9.47 Å². The Hall–Kier alpha value is -2.59. The van der Waals surface area contributed by atoms with Crippen molar-refractivity contribution in [2.24, 2.45) is 0 Å². The first-order valence-electron chi connectivity index (χ1n) is 9.83. The van der Waals surface area contributed by atoms with Gasteiger partial charge in [-0.15, -0.1) is 0 Å². The molecule has 3 rings (SSSR count). The van der Waals surface area contributed by atoms with Crippen LogP contribution in [0.25, 0.3) is 0 Å². The molecule has 150 valence electrons. The number of rotatable bonds is 11. The smallest absolute Gasteiger partial charge is 0.163 e. The molecule has 0 atom stereocenters. The highest BCUT2D eigenvalue weighted by atomic mass is 79.9. The van der Waals surface area contributed by atoms with Gasteiger partial charge in [-0.05, 0) is 42.2 Å². The molecule has 0 aromatic heterocycles. The standard InChI is InChI=1S/C25H25BrO3/c26-16-8-7-13-23(27)22-14-15-24(28-18-20-9-3-1-4-10-20)25(17-22)29-19-21-11-5-2-6-12-21/h1-6,9-12,14-15,17H,7-8,13,16,18-19H2. The van der Waals surface area contributed by atoms with Gasteiger partial charge in [0, 0.05) is 17.3 Å². The molecule has 0 amide bonds. The lowest BCUT2D eigenvalue weighted by Crippen LogP contribution is -2.04. The summed E-state index contributed by atoms with van der Waals surface area (Å²) in [7, 11) is 0. The molecule has 3 nitrogen and oxygen atoms in total. The average molecular weight is 453 g/mol. The molecule has 0 saturated heterocycles. The minimum Gasteiger partial charge on any atom is -0.485 e. The average Bonchev–Trinajstić information content (AvgIpc) is 2.78. The van der Waals surface area contributed by atoms with Crippen LogP contribution in [0, 0.1) is 0 Å². The maximum atomic E-state index is 12.5. The zero-order chi connectivity index (χ0) is 20.3. The van der Waals surface area contributed by atoms with Crippen LogP contribution in [0.4, 0.5) is 0 Å². The third-order valence-electron chi connectivity index (χ3n) is 4.53. The van der Waals surface area contributed by atoms with Crippen LogP contribution in [0.3, 0.4) is 0 Å². The number of carbonyl (C=O) groups is 1. The summed E-state index contributed by atoms with van der Waals surface area (Å²) in [4.78, 5) is 12.5. The van der Waals surface area contributed by atoms with Gasteiger partial charge in [-0.2, -0.15) is 0 Å². The number of alkyl halides is 1. The summed E-state index contributed by atoms with van der Waals surface area (Å²) in [6.45, 7) is 0.866. The Balaban J connectivity index is 1.74. The molecule has 0 fully saturated rings. The van der Waals surface area contributed by atoms with Gasteiger partial charge in [0.05, 0.1) is 0 Å². The Kier molecular flexibility index (Phi) is 8.32. The van der Waals surface area contributed by atoms with Crippen molar-refractivity contribution in [2.45, 2.75) is 32.5 Å². The lowest BCUT2D eigenvalue weighted by molar-refractivity contribution is 0.0979. The summed E-state index contributed by atoms with van der Waals surface area (Å²) >= 11 is 3.41. The molecule has 0 radical (unpaired) electrons. The molecular weight excluding hydrogens is 428 g/mol. The number of carbonyl (C=O) groups excluding carboxylic acids is 1. The molecule has 3 aromatic carbocycles. The van der Waals surface area contributed by atoms with Crippen molar-refractivity contribution in [2.75, 3.05) is 5.33 Å². The van der Waals surface area contributed by atoms with Crippen molar-refractivity contribution >= 4 is 21.7 Å². The monoisotopic (exact) mass is 452 g/mol. The predicted molar refractivity (Wildman–Crippen MR) is 120 cm³/mol. The van der Waals surface area contributed by atoms with Crippen LogP contribution in [0.5, 0.6) is 11.5 Å². The molecule has 0 N–H and O–H groups in total. The van der Waals surface area contributed by atoms with Crippen molar-refractivity contribution in [3.05, 3.63) is 95.6 Å². The van der Waals surface area contributed by atoms with E-state index in [-0.39, 0.29) is 5.78 Å². The highest BCUT2D eigenvalue weighted by molar-refractivity contribution is 9.09. The second kappa shape index (κ2) is 11.4. The highest BCUT2D eigenvalue weighted by Crippen LogP contribution is 2.30. The van der Waals surface area contributed by atoms with Crippen LogP contribution < -0.4 is 9.47 Å². The van der Waals surface area contributed by atoms with Gasteiger partial charge < -0.3 is 9.47 Å². The van der Waals surface area contributed by atoms with E-state index in [1.807, 2.05) is 72.8 Å². The minimum atomic E-state index is 0.130. The molecule has 4 heteroatoms. The van der Waals surface area contributed by atoms with E-state index in [0.29, 0.717) is 36.7 Å². The van der Waals surface area contributed by atoms with E-state index in [9.17, 15) is 4.79 Å². The van der Waals surface area contributed by atoms with Crippen LogP contribution in [0.15, 0.2) is 78.9 Å². The summed E-state index contributed by atoms with van der Waals surface area (Å²) in [5.41, 5.74) is 2.81. The van der Waals surface area contributed by atoms with Gasteiger partial charge in [0.1, 0.15) is 13.2 Å². The number of benzene rings is 3. The van der Waals surface area contributed by atoms with E-state index in [2.05, 4.69) is 15.9 Å². The maximum Gasteiger partial charge on any atom is 0.163 e. The Morgan fingerprint density at radius 3 is 1.90 bits per heavy atom. The van der Waals surface area contributed by atoms with E-state index >= 15 is 0 Å². The Morgan fingerprint density at radius 1 is 0.724 bits per heavy atom. The normalized spacial score (nSPS) is 10.5. The Labute approximate surface area is 180 Å². The van der Waals surface area contributed by atoms with Gasteiger partial charge in [-0.25, -0.2) is 0 Å². The second-order valence-corrected chi connectivity index (χ2v) is 7.57. The summed E-state index contributed by atoms with van der Waals surface area (Å²) in [5.74, 6) is 1.36. The number of ketones is 1. The fourth-order valence-electron chi connectivity index (χ4n) is 2.91. The molecule has 0 spiro atoms. The molecule has 29 heavy (non-hydrogen) atoms. The first-order chi connectivity index (χ1) is 14.3. The first kappa shape index (κ1) is 21.1. The second-order valence-electron chi connectivity index (χ2n) is 6.78. The molecular formula is C25H25BrO3. The molecule has 0 aliphatic rings. The summed E-state index contributed by atoms with van der Waals surface area (Å²) in [5, 5.41) is 0.915.